The van der Waals surface area contributed by atoms with Crippen LogP contribution >= 0.6 is 0 Å². The van der Waals surface area contributed by atoms with E-state index in [9.17, 15) is 0 Å². The second-order valence-corrected chi connectivity index (χ2v) is 7.60. The summed E-state index contributed by atoms with van der Waals surface area (Å²) in [6, 6.07) is 7.81. The topological polar surface area (TPSA) is 106 Å². The first-order valence-corrected chi connectivity index (χ1v) is 9.68. The second kappa shape index (κ2) is 6.93. The maximum Gasteiger partial charge on any atom is 0.228 e. The van der Waals surface area contributed by atoms with E-state index in [1.54, 1.807) is 6.20 Å². The Balaban J connectivity index is 1.41. The minimum absolute atomic E-state index is 0.194. The lowest BCUT2D eigenvalue weighted by molar-refractivity contribution is -0.115. The van der Waals surface area contributed by atoms with E-state index in [-0.39, 0.29) is 5.41 Å². The molecule has 0 radical (unpaired) electrons. The van der Waals surface area contributed by atoms with Gasteiger partial charge in [0.05, 0.1) is 24.6 Å². The van der Waals surface area contributed by atoms with Gasteiger partial charge in [-0.05, 0) is 31.5 Å². The molecule has 1 aliphatic rings. The van der Waals surface area contributed by atoms with Crippen LogP contribution in [0, 0.1) is 12.3 Å². The molecule has 1 saturated heterocycles. The van der Waals surface area contributed by atoms with Gasteiger partial charge in [0.1, 0.15) is 11.6 Å². The van der Waals surface area contributed by atoms with Crippen LogP contribution in [0.3, 0.4) is 0 Å². The van der Waals surface area contributed by atoms with Gasteiger partial charge < -0.3 is 10.1 Å². The lowest BCUT2D eigenvalue weighted by atomic mass is 9.80. The van der Waals surface area contributed by atoms with Gasteiger partial charge in [0.15, 0.2) is 5.65 Å². The predicted octanol–water partition coefficient (Wildman–Crippen LogP) is 2.93. The van der Waals surface area contributed by atoms with Crippen LogP contribution in [0.1, 0.15) is 24.9 Å². The molecule has 9 heteroatoms. The fourth-order valence-electron chi connectivity index (χ4n) is 3.56. The first kappa shape index (κ1) is 17.7. The molecule has 0 spiro atoms. The third kappa shape index (κ3) is 3.33. The first-order valence-electron chi connectivity index (χ1n) is 9.68. The van der Waals surface area contributed by atoms with Gasteiger partial charge >= 0.3 is 0 Å². The Morgan fingerprint density at radius 1 is 1.24 bits per heavy atom. The van der Waals surface area contributed by atoms with Gasteiger partial charge in [0.25, 0.3) is 0 Å². The van der Waals surface area contributed by atoms with Gasteiger partial charge in [-0.1, -0.05) is 6.92 Å². The molecule has 0 atom stereocenters. The number of hydrogen-bond donors (Lipinski definition) is 2. The Morgan fingerprint density at radius 3 is 2.86 bits per heavy atom. The molecule has 0 unspecified atom stereocenters. The predicted molar refractivity (Wildman–Crippen MR) is 108 cm³/mol. The molecule has 0 aromatic carbocycles. The summed E-state index contributed by atoms with van der Waals surface area (Å²) in [4.78, 5) is 8.90. The van der Waals surface area contributed by atoms with Crippen molar-refractivity contribution < 1.29 is 4.74 Å². The maximum absolute atomic E-state index is 5.44. The molecular weight excluding hydrogens is 368 g/mol. The van der Waals surface area contributed by atoms with Crippen LogP contribution in [0.15, 0.2) is 36.7 Å². The Kier molecular flexibility index (Phi) is 4.24. The van der Waals surface area contributed by atoms with E-state index < -0.39 is 0 Å². The first-order chi connectivity index (χ1) is 14.1. The van der Waals surface area contributed by atoms with E-state index in [0.717, 1.165) is 60.3 Å². The molecule has 0 bridgehead atoms. The van der Waals surface area contributed by atoms with Crippen molar-refractivity contribution in [2.75, 3.05) is 18.5 Å². The summed E-state index contributed by atoms with van der Waals surface area (Å²) in [6.45, 7) is 5.71. The average molecular weight is 390 g/mol. The largest absolute Gasteiger partial charge is 0.380 e. The molecular formula is C20H22N8O. The molecule has 1 aliphatic heterocycles. The summed E-state index contributed by atoms with van der Waals surface area (Å²) in [6.07, 6.45) is 5.69. The molecule has 1 fully saturated rings. The van der Waals surface area contributed by atoms with E-state index in [0.29, 0.717) is 5.95 Å². The zero-order valence-corrected chi connectivity index (χ0v) is 16.4. The van der Waals surface area contributed by atoms with Crippen LogP contribution in [0.25, 0.3) is 16.9 Å². The summed E-state index contributed by atoms with van der Waals surface area (Å²) < 4.78 is 7.49. The molecule has 5 rings (SSSR count). The van der Waals surface area contributed by atoms with Gasteiger partial charge in [-0.3, -0.25) is 9.50 Å². The van der Waals surface area contributed by atoms with Crippen molar-refractivity contribution in [2.45, 2.75) is 26.7 Å². The molecule has 0 aliphatic carbocycles. The number of pyridine rings is 1. The summed E-state index contributed by atoms with van der Waals surface area (Å²) in [5.74, 6) is 2.22. The van der Waals surface area contributed by atoms with Crippen molar-refractivity contribution in [3.63, 3.8) is 0 Å². The van der Waals surface area contributed by atoms with Gasteiger partial charge in [0.2, 0.25) is 5.95 Å². The molecule has 0 saturated carbocycles. The number of nitrogens with zero attached hydrogens (tertiary/aromatic N) is 6. The molecule has 4 aromatic rings. The Bertz CT molecular complexity index is 1150. The number of aryl methyl sites for hydroxylation is 1. The van der Waals surface area contributed by atoms with Crippen LogP contribution < -0.4 is 5.32 Å². The number of rotatable bonds is 6. The molecule has 0 amide bonds. The van der Waals surface area contributed by atoms with Crippen molar-refractivity contribution in [1.82, 2.24) is 34.8 Å². The normalized spacial score (nSPS) is 15.4. The fourth-order valence-corrected chi connectivity index (χ4v) is 3.56. The van der Waals surface area contributed by atoms with Crippen LogP contribution in [-0.2, 0) is 11.2 Å². The third-order valence-electron chi connectivity index (χ3n) is 5.48. The minimum atomic E-state index is 0.194. The van der Waals surface area contributed by atoms with E-state index in [1.807, 2.05) is 41.8 Å². The van der Waals surface area contributed by atoms with Crippen LogP contribution in [0.4, 0.5) is 11.8 Å². The monoisotopic (exact) mass is 390 g/mol. The SMILES string of the molecule is CCC1(Cc2nnc3cc(-c4ccnc(Nc5cc(C)n[nH]5)n4)ccn23)COC1. The van der Waals surface area contributed by atoms with E-state index in [2.05, 4.69) is 42.6 Å². The fraction of sp³-hybridized carbons (Fsp3) is 0.350. The highest BCUT2D eigenvalue weighted by Crippen LogP contribution is 2.34. The molecule has 2 N–H and O–H groups in total. The quantitative estimate of drug-likeness (QED) is 0.521. The van der Waals surface area contributed by atoms with Crippen molar-refractivity contribution in [3.8, 4) is 11.3 Å². The highest BCUT2D eigenvalue weighted by molar-refractivity contribution is 5.65. The van der Waals surface area contributed by atoms with Crippen LogP contribution in [-0.4, -0.2) is 48.0 Å². The number of hydrogen-bond acceptors (Lipinski definition) is 7. The molecule has 29 heavy (non-hydrogen) atoms. The summed E-state index contributed by atoms with van der Waals surface area (Å²) >= 11 is 0. The van der Waals surface area contributed by atoms with Gasteiger partial charge in [-0.15, -0.1) is 10.2 Å². The molecule has 5 heterocycles. The number of aromatic nitrogens is 7. The van der Waals surface area contributed by atoms with Crippen LogP contribution in [0.2, 0.25) is 0 Å². The summed E-state index contributed by atoms with van der Waals surface area (Å²) in [7, 11) is 0. The Hall–Kier alpha value is -3.33. The zero-order valence-electron chi connectivity index (χ0n) is 16.4. The lowest BCUT2D eigenvalue weighted by Crippen LogP contribution is -2.44. The van der Waals surface area contributed by atoms with Crippen LogP contribution in [0.5, 0.6) is 0 Å². The Labute approximate surface area is 167 Å². The summed E-state index contributed by atoms with van der Waals surface area (Å²) in [5.41, 5.74) is 3.67. The highest BCUT2D eigenvalue weighted by Gasteiger charge is 2.38. The summed E-state index contributed by atoms with van der Waals surface area (Å²) in [5, 5.41) is 18.9. The van der Waals surface area contributed by atoms with Crippen molar-refractivity contribution in [3.05, 3.63) is 48.2 Å². The van der Waals surface area contributed by atoms with E-state index >= 15 is 0 Å². The third-order valence-corrected chi connectivity index (χ3v) is 5.48. The van der Waals surface area contributed by atoms with Gasteiger partial charge in [-0.25, -0.2) is 9.97 Å². The standard InChI is InChI=1S/C20H22N8O/c1-3-20(11-29-12-20)10-18-27-26-17-9-14(5-7-28(17)18)15-4-6-21-19(22-15)23-16-8-13(2)24-25-16/h4-9H,3,10-12H2,1-2H3,(H2,21,22,23,24,25). The lowest BCUT2D eigenvalue weighted by Gasteiger charge is -2.40. The number of anilines is 2. The van der Waals surface area contributed by atoms with Crippen molar-refractivity contribution in [2.24, 2.45) is 5.41 Å². The maximum atomic E-state index is 5.44. The van der Waals surface area contributed by atoms with Crippen molar-refractivity contribution >= 4 is 17.4 Å². The number of ether oxygens (including phenoxy) is 1. The zero-order chi connectivity index (χ0) is 19.8. The molecule has 9 nitrogen and oxygen atoms in total. The van der Waals surface area contributed by atoms with Gasteiger partial charge in [-0.2, -0.15) is 5.10 Å². The number of H-pyrrole nitrogens is 1. The second-order valence-electron chi connectivity index (χ2n) is 7.60. The molecule has 148 valence electrons. The molecule has 4 aromatic heterocycles. The number of nitrogens with one attached hydrogen (secondary N) is 2. The van der Waals surface area contributed by atoms with Crippen molar-refractivity contribution in [1.29, 1.82) is 0 Å². The smallest absolute Gasteiger partial charge is 0.228 e. The number of fused-ring (bicyclic) bond motifs is 1. The highest BCUT2D eigenvalue weighted by atomic mass is 16.5. The Morgan fingerprint density at radius 2 is 2.14 bits per heavy atom. The van der Waals surface area contributed by atoms with E-state index in [1.165, 1.54) is 0 Å². The minimum Gasteiger partial charge on any atom is -0.380 e. The number of aromatic amines is 1. The average Bonchev–Trinajstić information content (AvgIpc) is 3.30. The van der Waals surface area contributed by atoms with Gasteiger partial charge in [0, 0.05) is 35.9 Å². The van der Waals surface area contributed by atoms with E-state index in [4.69, 9.17) is 4.74 Å².